The number of hydrogen-bond acceptors (Lipinski definition) is 2. The number of halogens is 3. The fourth-order valence-corrected chi connectivity index (χ4v) is 1.77. The molecule has 6 heteroatoms. The Hall–Kier alpha value is 0.324. The zero-order chi connectivity index (χ0) is 13.0. The van der Waals surface area contributed by atoms with Gasteiger partial charge in [0.2, 0.25) is 5.28 Å². The van der Waals surface area contributed by atoms with Crippen LogP contribution in [0.4, 0.5) is 0 Å². The maximum absolute atomic E-state index is 5.95. The van der Waals surface area contributed by atoms with Crippen LogP contribution in [0.2, 0.25) is 10.4 Å². The molecule has 0 bridgehead atoms. The molecule has 0 unspecified atom stereocenters. The van der Waals surface area contributed by atoms with E-state index in [2.05, 4.69) is 35.2 Å². The third-order valence-electron chi connectivity index (χ3n) is 2.24. The van der Waals surface area contributed by atoms with Crippen LogP contribution in [0, 0.1) is 13.8 Å². The van der Waals surface area contributed by atoms with E-state index >= 15 is 0 Å². The maximum atomic E-state index is 5.95. The number of fused-ring (bicyclic) bond motifs is 1. The summed E-state index contributed by atoms with van der Waals surface area (Å²) in [5, 5.41) is 5.00. The summed E-state index contributed by atoms with van der Waals surface area (Å²) in [4.78, 5) is 8.00. The second-order valence-electron chi connectivity index (χ2n) is 3.36. The van der Waals surface area contributed by atoms with E-state index in [1.807, 2.05) is 26.0 Å². The predicted octanol–water partition coefficient (Wildman–Crippen LogP) is 4.40. The summed E-state index contributed by atoms with van der Waals surface area (Å²) < 4.78 is 0. The van der Waals surface area contributed by atoms with Crippen LogP contribution in [0.25, 0.3) is 10.9 Å². The predicted molar refractivity (Wildman–Crippen MR) is 80.2 cm³/mol. The minimum atomic E-state index is 0.186. The van der Waals surface area contributed by atoms with Gasteiger partial charge < -0.3 is 0 Å². The van der Waals surface area contributed by atoms with Crippen molar-refractivity contribution in [3.63, 3.8) is 0 Å². The summed E-state index contributed by atoms with van der Waals surface area (Å²) in [5.41, 5.74) is 3.13. The van der Waals surface area contributed by atoms with Crippen LogP contribution >= 0.6 is 43.2 Å². The molecule has 1 heterocycles. The molecule has 0 fully saturated rings. The summed E-state index contributed by atoms with van der Waals surface area (Å²) >= 11 is 14.3. The first kappa shape index (κ1) is 15.4. The van der Waals surface area contributed by atoms with E-state index < -0.39 is 0 Å². The molecule has 2 aromatic rings. The zero-order valence-electron chi connectivity index (χ0n) is 9.34. The molecule has 2 nitrogen and oxygen atoms in total. The fourth-order valence-electron chi connectivity index (χ4n) is 1.32. The van der Waals surface area contributed by atoms with Crippen molar-refractivity contribution in [1.82, 2.24) is 9.97 Å². The van der Waals surface area contributed by atoms with Crippen molar-refractivity contribution in [3.8, 4) is 0 Å². The summed E-state index contributed by atoms with van der Waals surface area (Å²) in [7, 11) is 0. The van der Waals surface area contributed by atoms with E-state index in [0.29, 0.717) is 17.6 Å². The Morgan fingerprint density at radius 1 is 1.18 bits per heavy atom. The molecule has 0 spiro atoms. The van der Waals surface area contributed by atoms with Crippen LogP contribution < -0.4 is 0 Å². The van der Waals surface area contributed by atoms with Crippen molar-refractivity contribution in [3.05, 3.63) is 33.7 Å². The van der Waals surface area contributed by atoms with Crippen LogP contribution in [0.5, 0.6) is 0 Å². The van der Waals surface area contributed by atoms with Gasteiger partial charge in [0.05, 0.1) is 5.52 Å². The third-order valence-corrected chi connectivity index (χ3v) is 2.69. The van der Waals surface area contributed by atoms with Crippen LogP contribution in [0.1, 0.15) is 11.1 Å². The van der Waals surface area contributed by atoms with Crippen molar-refractivity contribution < 1.29 is 12.4 Å². The molecule has 0 saturated heterocycles. The van der Waals surface area contributed by atoms with Gasteiger partial charge in [-0.3, -0.25) is 0 Å². The molecule has 0 amide bonds. The molecule has 0 aliphatic rings. The molecule has 0 atom stereocenters. The topological polar surface area (TPSA) is 25.8 Å². The first-order valence-electron chi connectivity index (χ1n) is 4.66. The van der Waals surface area contributed by atoms with Gasteiger partial charge in [-0.05, 0) is 48.7 Å². The number of hydrogen-bond donors (Lipinski definition) is 0. The van der Waals surface area contributed by atoms with Crippen molar-refractivity contribution in [2.45, 2.75) is 13.8 Å². The van der Waals surface area contributed by atoms with Gasteiger partial charge in [0, 0.05) is 5.39 Å². The summed E-state index contributed by atoms with van der Waals surface area (Å²) in [5.74, 6) is 0. The molecule has 1 aromatic carbocycles. The van der Waals surface area contributed by atoms with Gasteiger partial charge in [0.25, 0.3) is 0 Å². The molecule has 0 radical (unpaired) electrons. The monoisotopic (exact) mass is 418 g/mol. The van der Waals surface area contributed by atoms with E-state index in [1.165, 1.54) is 11.1 Å². The fraction of sp³-hybridized carbons (Fsp3) is 0.182. The first-order chi connectivity index (χ1) is 7.99. The SMILES string of the molecule is Cc1cc2nc(Cl)nc(Cl)c2cc1C.[CH2]=[V][I]. The van der Waals surface area contributed by atoms with E-state index in [9.17, 15) is 0 Å². The van der Waals surface area contributed by atoms with Gasteiger partial charge in [-0.15, -0.1) is 0 Å². The van der Waals surface area contributed by atoms with Gasteiger partial charge in [0.15, 0.2) is 0 Å². The Kier molecular flexibility index (Phi) is 6.38. The van der Waals surface area contributed by atoms with Crippen LogP contribution in [-0.2, 0) is 12.4 Å². The van der Waals surface area contributed by atoms with Crippen molar-refractivity contribution >= 4 is 59.3 Å². The molecule has 0 saturated carbocycles. The Morgan fingerprint density at radius 3 is 2.29 bits per heavy atom. The number of benzene rings is 1. The summed E-state index contributed by atoms with van der Waals surface area (Å²) in [6, 6.07) is 3.94. The minimum absolute atomic E-state index is 0.186. The molecule has 90 valence electrons. The Bertz CT molecular complexity index is 561. The van der Waals surface area contributed by atoms with E-state index in [1.54, 1.807) is 0 Å². The molecule has 0 aliphatic carbocycles. The number of rotatable bonds is 0. The van der Waals surface area contributed by atoms with Crippen LogP contribution in [0.15, 0.2) is 12.1 Å². The van der Waals surface area contributed by atoms with Gasteiger partial charge in [-0.1, -0.05) is 11.6 Å². The van der Waals surface area contributed by atoms with Gasteiger partial charge in [0.1, 0.15) is 5.15 Å². The first-order valence-corrected chi connectivity index (χ1v) is 10.9. The van der Waals surface area contributed by atoms with Crippen molar-refractivity contribution in [2.24, 2.45) is 0 Å². The van der Waals surface area contributed by atoms with E-state index in [-0.39, 0.29) is 5.28 Å². The van der Waals surface area contributed by atoms with E-state index in [4.69, 9.17) is 23.2 Å². The quantitative estimate of drug-likeness (QED) is 0.360. The third kappa shape index (κ3) is 4.18. The van der Waals surface area contributed by atoms with Crippen LogP contribution in [0.3, 0.4) is 0 Å². The number of aromatic nitrogens is 2. The summed E-state index contributed by atoms with van der Waals surface area (Å²) in [6.07, 6.45) is 0. The normalized spacial score (nSPS) is 9.71. The van der Waals surface area contributed by atoms with Gasteiger partial charge in [-0.2, -0.15) is 0 Å². The van der Waals surface area contributed by atoms with Crippen molar-refractivity contribution in [1.29, 1.82) is 0 Å². The second kappa shape index (κ2) is 7.05. The molecule has 1 aromatic heterocycles. The van der Waals surface area contributed by atoms with Gasteiger partial charge in [-0.25, -0.2) is 9.97 Å². The standard InChI is InChI=1S/C10H8Cl2N2.CH2.HI.V/c1-5-3-7-8(4-6(5)2)13-10(12)14-9(7)11;;;/h3-4H,1-2H3;1H2;1H;/q;;;+1/p-1. The molecule has 17 heavy (non-hydrogen) atoms. The van der Waals surface area contributed by atoms with Crippen LogP contribution in [-0.4, -0.2) is 15.2 Å². The Labute approximate surface area is 128 Å². The molecule has 0 aliphatic heterocycles. The van der Waals surface area contributed by atoms with E-state index in [0.717, 1.165) is 10.9 Å². The Morgan fingerprint density at radius 2 is 1.71 bits per heavy atom. The molecule has 2 rings (SSSR count). The summed E-state index contributed by atoms with van der Waals surface area (Å²) in [6.45, 7) is 4.05. The zero-order valence-corrected chi connectivity index (χ0v) is 14.4. The molecule has 0 N–H and O–H groups in total. The average Bonchev–Trinajstić information content (AvgIpc) is 2.22. The second-order valence-corrected chi connectivity index (χ2v) is 7.24. The van der Waals surface area contributed by atoms with Crippen molar-refractivity contribution in [2.75, 3.05) is 0 Å². The average molecular weight is 419 g/mol. The van der Waals surface area contributed by atoms with Gasteiger partial charge >= 0.3 is 37.6 Å². The molecular formula is C11H10Cl2IN2V. The number of nitrogens with zero attached hydrogens (tertiary/aromatic N) is 2. The number of aryl methyl sites for hydroxylation is 2. The Balaban J connectivity index is 0.000000437. The molecular weight excluding hydrogens is 409 g/mol.